The van der Waals surface area contributed by atoms with Gasteiger partial charge in [-0.3, -0.25) is 14.9 Å². The lowest BCUT2D eigenvalue weighted by molar-refractivity contribution is -0.385. The Labute approximate surface area is 122 Å². The van der Waals surface area contributed by atoms with Crippen molar-refractivity contribution in [1.29, 1.82) is 0 Å². The van der Waals surface area contributed by atoms with E-state index in [4.69, 9.17) is 4.74 Å². The van der Waals surface area contributed by atoms with Crippen LogP contribution in [-0.4, -0.2) is 41.9 Å². The van der Waals surface area contributed by atoms with Crippen LogP contribution in [0.15, 0.2) is 30.3 Å². The summed E-state index contributed by atoms with van der Waals surface area (Å²) in [5.74, 6) is -1.08. The Bertz CT molecular complexity index is 580. The van der Waals surface area contributed by atoms with Crippen molar-refractivity contribution in [3.05, 3.63) is 46.0 Å². The fraction of sp³-hybridized carbons (Fsp3) is 0.286. The number of amides is 1. The highest BCUT2D eigenvalue weighted by molar-refractivity contribution is 5.90. The average Bonchev–Trinajstić information content (AvgIpc) is 2.44. The lowest BCUT2D eigenvalue weighted by Gasteiger charge is -2.16. The van der Waals surface area contributed by atoms with Gasteiger partial charge in [0.25, 0.3) is 11.6 Å². The molecule has 0 unspecified atom stereocenters. The van der Waals surface area contributed by atoms with Crippen LogP contribution in [0.1, 0.15) is 12.5 Å². The van der Waals surface area contributed by atoms with E-state index in [0.29, 0.717) is 0 Å². The molecule has 0 N–H and O–H groups in total. The average molecular weight is 292 g/mol. The van der Waals surface area contributed by atoms with Crippen LogP contribution in [0.3, 0.4) is 0 Å². The molecule has 1 atom stereocenters. The number of likely N-dealkylation sites (N-methyl/N-ethyl adjacent to an activating group) is 1. The standard InChI is InChI=1S/C14H16N2O5/c1-10(14(18)15(2)3)21-13(17)9-8-11-6-4-5-7-12(11)16(19)20/h4-10H,1-3H3/b9-8+/t10-/m1/s1. The fourth-order valence-electron chi connectivity index (χ4n) is 1.58. The smallest absolute Gasteiger partial charge is 0.331 e. The molecule has 1 amide bonds. The van der Waals surface area contributed by atoms with Crippen LogP contribution in [-0.2, 0) is 14.3 Å². The van der Waals surface area contributed by atoms with Crippen LogP contribution in [0.25, 0.3) is 6.08 Å². The molecule has 0 aliphatic rings. The summed E-state index contributed by atoms with van der Waals surface area (Å²) in [5, 5.41) is 10.8. The summed E-state index contributed by atoms with van der Waals surface area (Å²) in [4.78, 5) is 34.7. The molecular weight excluding hydrogens is 276 g/mol. The summed E-state index contributed by atoms with van der Waals surface area (Å²) in [5.41, 5.74) is 0.171. The van der Waals surface area contributed by atoms with E-state index in [-0.39, 0.29) is 17.2 Å². The van der Waals surface area contributed by atoms with E-state index in [9.17, 15) is 19.7 Å². The van der Waals surface area contributed by atoms with Gasteiger partial charge in [-0.15, -0.1) is 0 Å². The molecule has 7 nitrogen and oxygen atoms in total. The Morgan fingerprint density at radius 2 is 1.95 bits per heavy atom. The third-order valence-corrected chi connectivity index (χ3v) is 2.61. The summed E-state index contributed by atoms with van der Waals surface area (Å²) in [6.07, 6.45) is 1.43. The summed E-state index contributed by atoms with van der Waals surface area (Å²) in [6, 6.07) is 6.00. The zero-order chi connectivity index (χ0) is 16.0. The number of carbonyl (C=O) groups excluding carboxylic acids is 2. The van der Waals surface area contributed by atoms with Gasteiger partial charge in [0.2, 0.25) is 0 Å². The van der Waals surface area contributed by atoms with Gasteiger partial charge in [-0.25, -0.2) is 4.79 Å². The summed E-state index contributed by atoms with van der Waals surface area (Å²) < 4.78 is 4.91. The molecule has 1 rings (SSSR count). The third kappa shape index (κ3) is 4.72. The Morgan fingerprint density at radius 1 is 1.33 bits per heavy atom. The first-order valence-corrected chi connectivity index (χ1v) is 6.16. The molecule has 0 radical (unpaired) electrons. The lowest BCUT2D eigenvalue weighted by Crippen LogP contribution is -2.34. The topological polar surface area (TPSA) is 89.7 Å². The maximum absolute atomic E-state index is 11.6. The van der Waals surface area contributed by atoms with E-state index in [1.54, 1.807) is 20.2 Å². The Balaban J connectivity index is 2.75. The molecule has 1 aromatic carbocycles. The van der Waals surface area contributed by atoms with Crippen LogP contribution in [0.5, 0.6) is 0 Å². The molecule has 21 heavy (non-hydrogen) atoms. The summed E-state index contributed by atoms with van der Waals surface area (Å²) in [7, 11) is 3.10. The number of nitro benzene ring substituents is 1. The second kappa shape index (κ2) is 7.18. The van der Waals surface area contributed by atoms with Crippen LogP contribution >= 0.6 is 0 Å². The summed E-state index contributed by atoms with van der Waals surface area (Å²) in [6.45, 7) is 1.46. The van der Waals surface area contributed by atoms with Crippen molar-refractivity contribution in [1.82, 2.24) is 4.90 Å². The van der Waals surface area contributed by atoms with Crippen molar-refractivity contribution in [3.63, 3.8) is 0 Å². The van der Waals surface area contributed by atoms with Crippen molar-refractivity contribution in [3.8, 4) is 0 Å². The highest BCUT2D eigenvalue weighted by Crippen LogP contribution is 2.18. The molecule has 7 heteroatoms. The van der Waals surface area contributed by atoms with Gasteiger partial charge in [-0.05, 0) is 19.1 Å². The number of esters is 1. The molecule has 0 heterocycles. The quantitative estimate of drug-likeness (QED) is 0.356. The van der Waals surface area contributed by atoms with E-state index >= 15 is 0 Å². The number of nitro groups is 1. The maximum atomic E-state index is 11.6. The predicted octanol–water partition coefficient (Wildman–Crippen LogP) is 1.63. The number of hydrogen-bond acceptors (Lipinski definition) is 5. The van der Waals surface area contributed by atoms with Crippen molar-refractivity contribution in [2.45, 2.75) is 13.0 Å². The highest BCUT2D eigenvalue weighted by Gasteiger charge is 2.18. The molecule has 0 aliphatic heterocycles. The molecule has 112 valence electrons. The summed E-state index contributed by atoms with van der Waals surface area (Å²) >= 11 is 0. The predicted molar refractivity (Wildman–Crippen MR) is 76.4 cm³/mol. The minimum absolute atomic E-state index is 0.112. The van der Waals surface area contributed by atoms with Crippen LogP contribution in [0, 0.1) is 10.1 Å². The highest BCUT2D eigenvalue weighted by atomic mass is 16.6. The number of para-hydroxylation sites is 1. The van der Waals surface area contributed by atoms with E-state index in [0.717, 1.165) is 6.08 Å². The molecule has 0 aliphatic carbocycles. The monoisotopic (exact) mass is 292 g/mol. The SMILES string of the molecule is C[C@@H](OC(=O)/C=C/c1ccccc1[N+](=O)[O-])C(=O)N(C)C. The molecule has 0 saturated heterocycles. The van der Waals surface area contributed by atoms with Gasteiger partial charge in [-0.1, -0.05) is 12.1 Å². The largest absolute Gasteiger partial charge is 0.449 e. The van der Waals surface area contributed by atoms with Gasteiger partial charge in [0, 0.05) is 26.2 Å². The zero-order valence-corrected chi connectivity index (χ0v) is 12.0. The molecule has 0 fully saturated rings. The molecule has 1 aromatic rings. The van der Waals surface area contributed by atoms with Gasteiger partial charge in [-0.2, -0.15) is 0 Å². The normalized spacial score (nSPS) is 12.0. The molecule has 0 spiro atoms. The van der Waals surface area contributed by atoms with E-state index in [1.807, 2.05) is 0 Å². The van der Waals surface area contributed by atoms with Gasteiger partial charge < -0.3 is 9.64 Å². The lowest BCUT2D eigenvalue weighted by atomic mass is 10.1. The fourth-order valence-corrected chi connectivity index (χ4v) is 1.58. The van der Waals surface area contributed by atoms with Crippen molar-refractivity contribution in [2.75, 3.05) is 14.1 Å². The zero-order valence-electron chi connectivity index (χ0n) is 12.0. The number of rotatable bonds is 5. The molecule has 0 saturated carbocycles. The van der Waals surface area contributed by atoms with Crippen molar-refractivity contribution >= 4 is 23.6 Å². The first-order valence-electron chi connectivity index (χ1n) is 6.16. The Kier molecular flexibility index (Phi) is 5.59. The van der Waals surface area contributed by atoms with Gasteiger partial charge in [0.1, 0.15) is 0 Å². The number of ether oxygens (including phenoxy) is 1. The number of benzene rings is 1. The molecular formula is C14H16N2O5. The van der Waals surface area contributed by atoms with Crippen LogP contribution < -0.4 is 0 Å². The van der Waals surface area contributed by atoms with Gasteiger partial charge >= 0.3 is 5.97 Å². The number of nitrogens with zero attached hydrogens (tertiary/aromatic N) is 2. The van der Waals surface area contributed by atoms with E-state index in [2.05, 4.69) is 0 Å². The first-order chi connectivity index (χ1) is 9.82. The number of hydrogen-bond donors (Lipinski definition) is 0. The van der Waals surface area contributed by atoms with E-state index < -0.39 is 17.0 Å². The van der Waals surface area contributed by atoms with Gasteiger partial charge in [0.15, 0.2) is 6.10 Å². The van der Waals surface area contributed by atoms with E-state index in [1.165, 1.54) is 36.1 Å². The van der Waals surface area contributed by atoms with Crippen LogP contribution in [0.2, 0.25) is 0 Å². The second-order valence-corrected chi connectivity index (χ2v) is 4.46. The second-order valence-electron chi connectivity index (χ2n) is 4.46. The molecule has 0 bridgehead atoms. The van der Waals surface area contributed by atoms with Crippen LogP contribution in [0.4, 0.5) is 5.69 Å². The van der Waals surface area contributed by atoms with Gasteiger partial charge in [0.05, 0.1) is 10.5 Å². The van der Waals surface area contributed by atoms with Crippen molar-refractivity contribution in [2.24, 2.45) is 0 Å². The Morgan fingerprint density at radius 3 is 2.52 bits per heavy atom. The minimum Gasteiger partial charge on any atom is -0.449 e. The first kappa shape index (κ1) is 16.4. The Hall–Kier alpha value is -2.70. The number of carbonyl (C=O) groups is 2. The third-order valence-electron chi connectivity index (χ3n) is 2.61. The van der Waals surface area contributed by atoms with Crippen molar-refractivity contribution < 1.29 is 19.2 Å². The minimum atomic E-state index is -0.914. The maximum Gasteiger partial charge on any atom is 0.331 e. The molecule has 0 aromatic heterocycles.